The third-order valence-corrected chi connectivity index (χ3v) is 2.59. The Morgan fingerprint density at radius 3 is 2.69 bits per heavy atom. The molecule has 1 heterocycles. The summed E-state index contributed by atoms with van der Waals surface area (Å²) >= 11 is 0. The Labute approximate surface area is 94.1 Å². The van der Waals surface area contributed by atoms with Gasteiger partial charge in [-0.15, -0.1) is 6.58 Å². The molecule has 0 aliphatic carbocycles. The molecule has 1 aromatic rings. The number of hydrogen-bond donors (Lipinski definition) is 1. The molecule has 84 valence electrons. The minimum Gasteiger partial charge on any atom is -0.494 e. The molecule has 0 aliphatic rings. The molecule has 16 heavy (non-hydrogen) atoms. The van der Waals surface area contributed by atoms with Crippen LogP contribution in [0.15, 0.2) is 17.4 Å². The smallest absolute Gasteiger partial charge is 0.271 e. The summed E-state index contributed by atoms with van der Waals surface area (Å²) in [4.78, 5) is 11.8. The first-order chi connectivity index (χ1) is 7.58. The number of aromatic hydroxyl groups is 1. The number of hydrogen-bond acceptors (Lipinski definition) is 3. The van der Waals surface area contributed by atoms with E-state index >= 15 is 0 Å². The van der Waals surface area contributed by atoms with Gasteiger partial charge in [-0.05, 0) is 18.9 Å². The molecule has 1 aromatic heterocycles. The summed E-state index contributed by atoms with van der Waals surface area (Å²) in [7, 11) is 0. The molecule has 4 heteroatoms. The van der Waals surface area contributed by atoms with Crippen LogP contribution < -0.4 is 5.56 Å². The zero-order valence-corrected chi connectivity index (χ0v) is 9.45. The minimum atomic E-state index is -0.463. The first-order valence-corrected chi connectivity index (χ1v) is 5.04. The maximum atomic E-state index is 11.8. The summed E-state index contributed by atoms with van der Waals surface area (Å²) < 4.78 is 1.16. The van der Waals surface area contributed by atoms with Crippen LogP contribution in [0.5, 0.6) is 5.88 Å². The molecule has 0 bridgehead atoms. The van der Waals surface area contributed by atoms with Crippen LogP contribution in [-0.2, 0) is 13.0 Å². The van der Waals surface area contributed by atoms with Crippen LogP contribution in [0, 0.1) is 18.3 Å². The van der Waals surface area contributed by atoms with Crippen LogP contribution in [0.25, 0.3) is 0 Å². The van der Waals surface area contributed by atoms with Gasteiger partial charge in [-0.3, -0.25) is 9.36 Å². The maximum absolute atomic E-state index is 11.8. The van der Waals surface area contributed by atoms with Crippen LogP contribution in [0.3, 0.4) is 0 Å². The Morgan fingerprint density at radius 2 is 2.25 bits per heavy atom. The molecule has 0 spiro atoms. The van der Waals surface area contributed by atoms with Crippen LogP contribution in [0.1, 0.15) is 23.6 Å². The van der Waals surface area contributed by atoms with Crippen molar-refractivity contribution in [3.05, 3.63) is 39.7 Å². The fraction of sp³-hybridized carbons (Fsp3) is 0.333. The molecule has 0 aliphatic heterocycles. The summed E-state index contributed by atoms with van der Waals surface area (Å²) in [5, 5.41) is 18.8. The quantitative estimate of drug-likeness (QED) is 0.781. The molecule has 0 amide bonds. The van der Waals surface area contributed by atoms with Gasteiger partial charge < -0.3 is 5.11 Å². The van der Waals surface area contributed by atoms with Gasteiger partial charge >= 0.3 is 0 Å². The molecule has 1 rings (SSSR count). The van der Waals surface area contributed by atoms with Gasteiger partial charge in [0, 0.05) is 12.1 Å². The lowest BCUT2D eigenvalue weighted by Gasteiger charge is -2.13. The lowest BCUT2D eigenvalue weighted by Crippen LogP contribution is -2.24. The Kier molecular flexibility index (Phi) is 3.51. The van der Waals surface area contributed by atoms with E-state index in [1.54, 1.807) is 6.92 Å². The van der Waals surface area contributed by atoms with Crippen molar-refractivity contribution in [2.24, 2.45) is 0 Å². The average Bonchev–Trinajstić information content (AvgIpc) is 2.26. The van der Waals surface area contributed by atoms with Crippen molar-refractivity contribution in [1.29, 1.82) is 5.26 Å². The van der Waals surface area contributed by atoms with E-state index in [0.29, 0.717) is 17.5 Å². The molecule has 1 N–H and O–H groups in total. The summed E-state index contributed by atoms with van der Waals surface area (Å²) in [5.74, 6) is -0.0658. The van der Waals surface area contributed by atoms with Gasteiger partial charge in [-0.25, -0.2) is 0 Å². The molecule has 0 atom stereocenters. The van der Waals surface area contributed by atoms with Crippen molar-refractivity contribution in [3.8, 4) is 11.9 Å². The number of nitrogens with zero attached hydrogens (tertiary/aromatic N) is 2. The predicted molar refractivity (Wildman–Crippen MR) is 61.4 cm³/mol. The van der Waals surface area contributed by atoms with E-state index in [1.165, 1.54) is 6.08 Å². The highest BCUT2D eigenvalue weighted by Gasteiger charge is 2.16. The van der Waals surface area contributed by atoms with Crippen LogP contribution >= 0.6 is 0 Å². The third-order valence-electron chi connectivity index (χ3n) is 2.59. The lowest BCUT2D eigenvalue weighted by molar-refractivity contribution is 0.408. The lowest BCUT2D eigenvalue weighted by atomic mass is 10.0. The van der Waals surface area contributed by atoms with Gasteiger partial charge in [0.2, 0.25) is 0 Å². The van der Waals surface area contributed by atoms with Gasteiger partial charge in [-0.1, -0.05) is 13.0 Å². The second-order valence-electron chi connectivity index (χ2n) is 3.47. The third kappa shape index (κ3) is 1.72. The van der Waals surface area contributed by atoms with E-state index in [0.717, 1.165) is 4.57 Å². The van der Waals surface area contributed by atoms with Gasteiger partial charge in [0.1, 0.15) is 11.6 Å². The van der Waals surface area contributed by atoms with Gasteiger partial charge in [0.05, 0.1) is 0 Å². The van der Waals surface area contributed by atoms with E-state index < -0.39 is 5.56 Å². The van der Waals surface area contributed by atoms with E-state index in [9.17, 15) is 9.90 Å². The Bertz CT molecular complexity index is 521. The van der Waals surface area contributed by atoms with Crippen molar-refractivity contribution in [1.82, 2.24) is 4.57 Å². The zero-order valence-electron chi connectivity index (χ0n) is 9.45. The topological polar surface area (TPSA) is 66.0 Å². The Hall–Kier alpha value is -2.02. The fourth-order valence-electron chi connectivity index (χ4n) is 1.73. The van der Waals surface area contributed by atoms with Gasteiger partial charge in [0.15, 0.2) is 5.88 Å². The largest absolute Gasteiger partial charge is 0.494 e. The summed E-state index contributed by atoms with van der Waals surface area (Å²) in [6, 6.07) is 1.89. The molecule has 0 aromatic carbocycles. The highest BCUT2D eigenvalue weighted by atomic mass is 16.3. The molecule has 0 saturated carbocycles. The predicted octanol–water partition coefficient (Wildman–Crippen LogP) is 1.48. The Morgan fingerprint density at radius 1 is 1.62 bits per heavy atom. The second kappa shape index (κ2) is 4.67. The maximum Gasteiger partial charge on any atom is 0.271 e. The fourth-order valence-corrected chi connectivity index (χ4v) is 1.73. The van der Waals surface area contributed by atoms with Crippen molar-refractivity contribution >= 4 is 0 Å². The summed E-state index contributed by atoms with van der Waals surface area (Å²) in [6.45, 7) is 7.26. The minimum absolute atomic E-state index is 0.0658. The molecular formula is C12H14N2O2. The zero-order chi connectivity index (χ0) is 12.3. The van der Waals surface area contributed by atoms with Gasteiger partial charge in [-0.2, -0.15) is 5.26 Å². The number of nitriles is 1. The highest BCUT2D eigenvalue weighted by molar-refractivity contribution is 5.45. The molecule has 4 nitrogen and oxygen atoms in total. The first-order valence-electron chi connectivity index (χ1n) is 5.04. The summed E-state index contributed by atoms with van der Waals surface area (Å²) in [6.07, 6.45) is 2.08. The normalized spacial score (nSPS) is 9.81. The molecule has 0 radical (unpaired) electrons. The number of aromatic nitrogens is 1. The van der Waals surface area contributed by atoms with E-state index in [4.69, 9.17) is 5.26 Å². The summed E-state index contributed by atoms with van der Waals surface area (Å²) in [5.41, 5.74) is 0.830. The molecule has 0 unspecified atom stereocenters. The van der Waals surface area contributed by atoms with Crippen molar-refractivity contribution in [2.75, 3.05) is 0 Å². The van der Waals surface area contributed by atoms with Crippen molar-refractivity contribution in [3.63, 3.8) is 0 Å². The van der Waals surface area contributed by atoms with Gasteiger partial charge in [0.25, 0.3) is 5.56 Å². The average molecular weight is 218 g/mol. The number of rotatable bonds is 3. The van der Waals surface area contributed by atoms with E-state index in [-0.39, 0.29) is 18.0 Å². The second-order valence-corrected chi connectivity index (χ2v) is 3.47. The Balaban J connectivity index is 3.71. The molecule has 0 saturated heterocycles. The standard InChI is InChI=1S/C12H14N2O2/c1-4-6-14-11(15)9(5-2)8(3)10(7-13)12(14)16/h4,15H,1,5-6H2,2-3H3. The SMILES string of the molecule is C=CCn1c(O)c(CC)c(C)c(C#N)c1=O. The molecular weight excluding hydrogens is 204 g/mol. The highest BCUT2D eigenvalue weighted by Crippen LogP contribution is 2.21. The van der Waals surface area contributed by atoms with Crippen LogP contribution in [0.4, 0.5) is 0 Å². The van der Waals surface area contributed by atoms with Crippen molar-refractivity contribution < 1.29 is 5.11 Å². The van der Waals surface area contributed by atoms with E-state index in [1.807, 2.05) is 13.0 Å². The number of pyridine rings is 1. The number of allylic oxidation sites excluding steroid dienone is 1. The monoisotopic (exact) mass is 218 g/mol. The van der Waals surface area contributed by atoms with Crippen molar-refractivity contribution in [2.45, 2.75) is 26.8 Å². The van der Waals surface area contributed by atoms with Crippen LogP contribution in [0.2, 0.25) is 0 Å². The van der Waals surface area contributed by atoms with Crippen LogP contribution in [-0.4, -0.2) is 9.67 Å². The molecule has 0 fully saturated rings. The first kappa shape index (κ1) is 12.1. The van der Waals surface area contributed by atoms with E-state index in [2.05, 4.69) is 6.58 Å².